The highest BCUT2D eigenvalue weighted by Gasteiger charge is 2.51. The molecule has 2 unspecified atom stereocenters. The van der Waals surface area contributed by atoms with E-state index >= 15 is 0 Å². The van der Waals surface area contributed by atoms with Gasteiger partial charge in [0.2, 0.25) is 0 Å². The Morgan fingerprint density at radius 3 is 2.85 bits per heavy atom. The number of fused-ring (bicyclic) bond motifs is 1. The Morgan fingerprint density at radius 2 is 2.25 bits per heavy atom. The van der Waals surface area contributed by atoms with Crippen molar-refractivity contribution in [3.63, 3.8) is 0 Å². The number of methoxy groups -OCH3 is 1. The highest BCUT2D eigenvalue weighted by molar-refractivity contribution is 5.81. The molecule has 0 saturated carbocycles. The first-order chi connectivity index (χ1) is 9.44. The fourth-order valence-corrected chi connectivity index (χ4v) is 2.16. The van der Waals surface area contributed by atoms with E-state index in [-0.39, 0.29) is 12.4 Å². The SMILES string of the molecule is C=C1Oc2cc(OC)ccc2C(O)C1(C)C(=O)OCC. The van der Waals surface area contributed by atoms with E-state index in [1.165, 1.54) is 0 Å². The first-order valence-corrected chi connectivity index (χ1v) is 6.35. The van der Waals surface area contributed by atoms with E-state index in [0.29, 0.717) is 17.1 Å². The predicted molar refractivity (Wildman–Crippen MR) is 72.5 cm³/mol. The molecule has 5 nitrogen and oxygen atoms in total. The number of hydrogen-bond donors (Lipinski definition) is 1. The Kier molecular flexibility index (Phi) is 3.72. The lowest BCUT2D eigenvalue weighted by Crippen LogP contribution is -2.42. The third kappa shape index (κ3) is 2.04. The second kappa shape index (κ2) is 5.17. The van der Waals surface area contributed by atoms with Gasteiger partial charge in [0.1, 0.15) is 23.4 Å². The molecule has 1 aliphatic heterocycles. The molecule has 1 N–H and O–H groups in total. The third-order valence-corrected chi connectivity index (χ3v) is 3.57. The lowest BCUT2D eigenvalue weighted by Gasteiger charge is -2.38. The van der Waals surface area contributed by atoms with Gasteiger partial charge in [-0.1, -0.05) is 6.58 Å². The first kappa shape index (κ1) is 14.4. The number of rotatable bonds is 3. The number of aliphatic hydroxyl groups is 1. The highest BCUT2D eigenvalue weighted by atomic mass is 16.5. The van der Waals surface area contributed by atoms with Crippen LogP contribution in [0.2, 0.25) is 0 Å². The van der Waals surface area contributed by atoms with E-state index in [9.17, 15) is 9.90 Å². The standard InChI is InChI=1S/C15H18O5/c1-5-19-14(17)15(3)9(2)20-12-8-10(18-4)6-7-11(12)13(15)16/h6-8,13,16H,2,5H2,1,3-4H3. The van der Waals surface area contributed by atoms with Crippen LogP contribution in [0.15, 0.2) is 30.5 Å². The Morgan fingerprint density at radius 1 is 1.55 bits per heavy atom. The van der Waals surface area contributed by atoms with Crippen molar-refractivity contribution >= 4 is 5.97 Å². The molecule has 0 radical (unpaired) electrons. The lowest BCUT2D eigenvalue weighted by atomic mass is 9.77. The van der Waals surface area contributed by atoms with Crippen LogP contribution in [0, 0.1) is 5.41 Å². The van der Waals surface area contributed by atoms with Gasteiger partial charge in [0.25, 0.3) is 0 Å². The number of ether oxygens (including phenoxy) is 3. The summed E-state index contributed by atoms with van der Waals surface area (Å²) in [5, 5.41) is 10.5. The molecule has 1 aromatic carbocycles. The normalized spacial score (nSPS) is 24.6. The first-order valence-electron chi connectivity index (χ1n) is 6.35. The summed E-state index contributed by atoms with van der Waals surface area (Å²) in [4.78, 5) is 12.1. The summed E-state index contributed by atoms with van der Waals surface area (Å²) in [6, 6.07) is 5.02. The Hall–Kier alpha value is -2.01. The molecule has 0 aromatic heterocycles. The van der Waals surface area contributed by atoms with Crippen LogP contribution in [0.1, 0.15) is 25.5 Å². The number of benzene rings is 1. The molecule has 108 valence electrons. The Bertz CT molecular complexity index is 551. The van der Waals surface area contributed by atoms with Gasteiger partial charge in [0.05, 0.1) is 13.7 Å². The van der Waals surface area contributed by atoms with E-state index < -0.39 is 17.5 Å². The molecule has 20 heavy (non-hydrogen) atoms. The summed E-state index contributed by atoms with van der Waals surface area (Å²) in [6.45, 7) is 7.25. The lowest BCUT2D eigenvalue weighted by molar-refractivity contribution is -0.161. The summed E-state index contributed by atoms with van der Waals surface area (Å²) in [5.74, 6) is 0.635. The maximum atomic E-state index is 12.1. The molecule has 1 aromatic rings. The van der Waals surface area contributed by atoms with Gasteiger partial charge in [-0.2, -0.15) is 0 Å². The van der Waals surface area contributed by atoms with Gasteiger partial charge in [-0.05, 0) is 26.0 Å². The summed E-state index contributed by atoms with van der Waals surface area (Å²) in [6.07, 6.45) is -1.08. The molecule has 2 rings (SSSR count). The number of aliphatic hydroxyl groups excluding tert-OH is 1. The van der Waals surface area contributed by atoms with Crippen molar-refractivity contribution in [2.24, 2.45) is 5.41 Å². The van der Waals surface area contributed by atoms with Crippen molar-refractivity contribution in [3.8, 4) is 11.5 Å². The molecule has 0 aliphatic carbocycles. The van der Waals surface area contributed by atoms with Crippen LogP contribution >= 0.6 is 0 Å². The van der Waals surface area contributed by atoms with Crippen LogP contribution in [0.5, 0.6) is 11.5 Å². The van der Waals surface area contributed by atoms with Crippen LogP contribution in [-0.4, -0.2) is 24.8 Å². The van der Waals surface area contributed by atoms with E-state index in [1.807, 2.05) is 0 Å². The zero-order valence-corrected chi connectivity index (χ0v) is 11.8. The zero-order chi connectivity index (χ0) is 14.9. The fourth-order valence-electron chi connectivity index (χ4n) is 2.16. The van der Waals surface area contributed by atoms with Crippen LogP contribution < -0.4 is 9.47 Å². The minimum absolute atomic E-state index is 0.157. The van der Waals surface area contributed by atoms with Gasteiger partial charge in [-0.25, -0.2) is 0 Å². The summed E-state index contributed by atoms with van der Waals surface area (Å²) in [7, 11) is 1.54. The van der Waals surface area contributed by atoms with Crippen molar-refractivity contribution in [2.45, 2.75) is 20.0 Å². The van der Waals surface area contributed by atoms with Gasteiger partial charge < -0.3 is 19.3 Å². The van der Waals surface area contributed by atoms with Crippen LogP contribution in [0.3, 0.4) is 0 Å². The highest BCUT2D eigenvalue weighted by Crippen LogP contribution is 2.49. The summed E-state index contributed by atoms with van der Waals surface area (Å²) >= 11 is 0. The summed E-state index contributed by atoms with van der Waals surface area (Å²) in [5.41, 5.74) is -0.814. The molecule has 0 saturated heterocycles. The average Bonchev–Trinajstić information content (AvgIpc) is 2.44. The van der Waals surface area contributed by atoms with E-state index in [1.54, 1.807) is 39.2 Å². The van der Waals surface area contributed by atoms with Crippen LogP contribution in [0.25, 0.3) is 0 Å². The second-order valence-electron chi connectivity index (χ2n) is 4.75. The van der Waals surface area contributed by atoms with Crippen LogP contribution in [-0.2, 0) is 9.53 Å². The van der Waals surface area contributed by atoms with Gasteiger partial charge in [0.15, 0.2) is 5.41 Å². The molecule has 2 atom stereocenters. The minimum atomic E-state index is -1.32. The molecule has 0 fully saturated rings. The molecule has 0 spiro atoms. The molecule has 5 heteroatoms. The van der Waals surface area contributed by atoms with E-state index in [0.717, 1.165) is 0 Å². The molecular formula is C15H18O5. The second-order valence-corrected chi connectivity index (χ2v) is 4.75. The molecule has 1 heterocycles. The molecule has 0 amide bonds. The Balaban J connectivity index is 2.45. The summed E-state index contributed by atoms with van der Waals surface area (Å²) < 4.78 is 15.7. The molecule has 0 bridgehead atoms. The number of hydrogen-bond acceptors (Lipinski definition) is 5. The molecule has 1 aliphatic rings. The largest absolute Gasteiger partial charge is 0.497 e. The van der Waals surface area contributed by atoms with Crippen molar-refractivity contribution in [1.82, 2.24) is 0 Å². The number of carbonyl (C=O) groups is 1. The maximum Gasteiger partial charge on any atom is 0.322 e. The number of esters is 1. The van der Waals surface area contributed by atoms with Gasteiger partial charge >= 0.3 is 5.97 Å². The zero-order valence-electron chi connectivity index (χ0n) is 11.8. The van der Waals surface area contributed by atoms with E-state index in [4.69, 9.17) is 14.2 Å². The van der Waals surface area contributed by atoms with Gasteiger partial charge in [0, 0.05) is 11.6 Å². The van der Waals surface area contributed by atoms with Gasteiger partial charge in [-0.3, -0.25) is 4.79 Å². The van der Waals surface area contributed by atoms with E-state index in [2.05, 4.69) is 6.58 Å². The molecular weight excluding hydrogens is 260 g/mol. The Labute approximate surface area is 117 Å². The monoisotopic (exact) mass is 278 g/mol. The van der Waals surface area contributed by atoms with Gasteiger partial charge in [-0.15, -0.1) is 0 Å². The number of carbonyl (C=O) groups excluding carboxylic acids is 1. The van der Waals surface area contributed by atoms with Crippen molar-refractivity contribution < 1.29 is 24.1 Å². The quantitative estimate of drug-likeness (QED) is 0.859. The minimum Gasteiger partial charge on any atom is -0.497 e. The predicted octanol–water partition coefficient (Wildman–Crippen LogP) is 2.20. The van der Waals surface area contributed by atoms with Crippen LogP contribution in [0.4, 0.5) is 0 Å². The van der Waals surface area contributed by atoms with Crippen molar-refractivity contribution in [1.29, 1.82) is 0 Å². The maximum absolute atomic E-state index is 12.1. The van der Waals surface area contributed by atoms with Crippen molar-refractivity contribution in [2.75, 3.05) is 13.7 Å². The fraction of sp³-hybridized carbons (Fsp3) is 0.400. The topological polar surface area (TPSA) is 65.0 Å². The average molecular weight is 278 g/mol. The van der Waals surface area contributed by atoms with Crippen molar-refractivity contribution in [3.05, 3.63) is 36.1 Å². The third-order valence-electron chi connectivity index (χ3n) is 3.57. The smallest absolute Gasteiger partial charge is 0.322 e.